The van der Waals surface area contributed by atoms with Crippen LogP contribution in [0.4, 0.5) is 0 Å². The van der Waals surface area contributed by atoms with Gasteiger partial charge in [-0.2, -0.15) is 0 Å². The summed E-state index contributed by atoms with van der Waals surface area (Å²) in [5, 5.41) is 59.6. The van der Waals surface area contributed by atoms with Gasteiger partial charge < -0.3 is 40.1 Å². The highest BCUT2D eigenvalue weighted by atomic mass is 79.9. The van der Waals surface area contributed by atoms with Gasteiger partial charge in [-0.15, -0.1) is 0 Å². The molecular weight excluding hydrogens is 729 g/mol. The zero-order valence-corrected chi connectivity index (χ0v) is 26.3. The minimum Gasteiger partial charge on any atom is -0.394 e. The van der Waals surface area contributed by atoms with E-state index in [1.807, 2.05) is 0 Å². The van der Waals surface area contributed by atoms with Gasteiger partial charge in [0.2, 0.25) is 5.28 Å². The first-order chi connectivity index (χ1) is 19.9. The molecule has 0 amide bonds. The van der Waals surface area contributed by atoms with Crippen molar-refractivity contribution in [1.29, 1.82) is 0 Å². The highest BCUT2D eigenvalue weighted by Crippen LogP contribution is 2.38. The maximum Gasteiger partial charge on any atom is 0.206 e. The lowest BCUT2D eigenvalue weighted by Crippen LogP contribution is -2.33. The molecule has 4 aromatic rings. The number of benzene rings is 2. The Bertz CT molecular complexity index is 1510. The molecule has 228 valence electrons. The number of imidazole rings is 2. The van der Waals surface area contributed by atoms with Crippen molar-refractivity contribution in [2.24, 2.45) is 0 Å². The van der Waals surface area contributed by atoms with Crippen molar-refractivity contribution in [2.75, 3.05) is 13.2 Å². The molecule has 4 heterocycles. The SMILES string of the molecule is OC[C@H]1O[C@@H](n2c(Br)nc3cc(Cl)c(Cl)cc32)[C@@H](O)C1O.OC[C@H]1O[C@@H](n2c(Cl)nc3cc(Cl)c(Cl)cc32)[C@@H](O)C1O. The Balaban J connectivity index is 0.000000168. The lowest BCUT2D eigenvalue weighted by molar-refractivity contribution is -0.0518. The number of nitrogens with zero attached hydrogens (tertiary/aromatic N) is 4. The van der Waals surface area contributed by atoms with Crippen molar-refractivity contribution >= 4 is 96.0 Å². The van der Waals surface area contributed by atoms with Gasteiger partial charge in [-0.05, 0) is 51.8 Å². The number of aromatic nitrogens is 4. The average molecular weight is 752 g/mol. The normalized spacial score (nSPS) is 29.4. The molecule has 12 nitrogen and oxygen atoms in total. The van der Waals surface area contributed by atoms with Crippen LogP contribution in [-0.4, -0.2) is 99.6 Å². The van der Waals surface area contributed by atoms with Crippen LogP contribution in [0, 0.1) is 0 Å². The Hall–Kier alpha value is -1.01. The predicted molar refractivity (Wildman–Crippen MR) is 158 cm³/mol. The third kappa shape index (κ3) is 5.74. The van der Waals surface area contributed by atoms with E-state index in [-0.39, 0.29) is 5.28 Å². The number of ether oxygens (including phenoxy) is 2. The molecule has 2 aromatic heterocycles. The van der Waals surface area contributed by atoms with Gasteiger partial charge in [-0.3, -0.25) is 9.13 Å². The maximum absolute atomic E-state index is 10.1. The molecule has 0 bridgehead atoms. The number of aliphatic hydroxyl groups excluding tert-OH is 6. The number of rotatable bonds is 4. The second kappa shape index (κ2) is 12.8. The number of fused-ring (bicyclic) bond motifs is 2. The Kier molecular flexibility index (Phi) is 9.85. The van der Waals surface area contributed by atoms with Crippen molar-refractivity contribution in [3.05, 3.63) is 54.4 Å². The topological polar surface area (TPSA) is 175 Å². The lowest BCUT2D eigenvalue weighted by Gasteiger charge is -2.18. The van der Waals surface area contributed by atoms with E-state index in [1.165, 1.54) is 4.57 Å². The molecule has 0 aliphatic carbocycles. The van der Waals surface area contributed by atoms with Crippen LogP contribution in [0.25, 0.3) is 22.1 Å². The molecule has 2 aliphatic rings. The van der Waals surface area contributed by atoms with E-state index in [4.69, 9.17) is 77.7 Å². The molecule has 0 spiro atoms. The minimum atomic E-state index is -1.26. The van der Waals surface area contributed by atoms with Crippen LogP contribution in [0.3, 0.4) is 0 Å². The highest BCUT2D eigenvalue weighted by molar-refractivity contribution is 9.10. The first-order valence-electron chi connectivity index (χ1n) is 12.2. The van der Waals surface area contributed by atoms with E-state index in [0.717, 1.165) is 0 Å². The van der Waals surface area contributed by atoms with Gasteiger partial charge in [0, 0.05) is 0 Å². The molecule has 2 aromatic carbocycles. The van der Waals surface area contributed by atoms with E-state index in [0.29, 0.717) is 46.9 Å². The van der Waals surface area contributed by atoms with Crippen LogP contribution in [0.1, 0.15) is 12.5 Å². The summed E-state index contributed by atoms with van der Waals surface area (Å²) in [6, 6.07) is 6.29. The van der Waals surface area contributed by atoms with Crippen LogP contribution in [-0.2, 0) is 9.47 Å². The predicted octanol–water partition coefficient (Wildman–Crippen LogP) is 3.33. The van der Waals surface area contributed by atoms with Crippen LogP contribution < -0.4 is 0 Å². The minimum absolute atomic E-state index is 0.0539. The van der Waals surface area contributed by atoms with Crippen LogP contribution in [0.5, 0.6) is 0 Å². The molecule has 2 fully saturated rings. The van der Waals surface area contributed by atoms with E-state index in [2.05, 4.69) is 25.9 Å². The van der Waals surface area contributed by atoms with Crippen molar-refractivity contribution < 1.29 is 40.1 Å². The number of aliphatic hydroxyl groups is 6. The van der Waals surface area contributed by atoms with Crippen molar-refractivity contribution in [3.63, 3.8) is 0 Å². The van der Waals surface area contributed by atoms with E-state index >= 15 is 0 Å². The lowest BCUT2D eigenvalue weighted by atomic mass is 10.1. The number of halogens is 6. The van der Waals surface area contributed by atoms with E-state index < -0.39 is 62.3 Å². The summed E-state index contributed by atoms with van der Waals surface area (Å²) in [5.74, 6) is 0. The monoisotopic (exact) mass is 748 g/mol. The van der Waals surface area contributed by atoms with Gasteiger partial charge in [0.1, 0.15) is 36.6 Å². The second-order valence-corrected chi connectivity index (χ2v) is 12.1. The van der Waals surface area contributed by atoms with Gasteiger partial charge in [0.15, 0.2) is 17.2 Å². The van der Waals surface area contributed by atoms with Crippen LogP contribution in [0.2, 0.25) is 25.4 Å². The smallest absolute Gasteiger partial charge is 0.206 e. The Morgan fingerprint density at radius 3 is 1.50 bits per heavy atom. The largest absolute Gasteiger partial charge is 0.394 e. The molecule has 0 radical (unpaired) electrons. The maximum atomic E-state index is 10.1. The first kappa shape index (κ1) is 32.4. The highest BCUT2D eigenvalue weighted by Gasteiger charge is 2.45. The summed E-state index contributed by atoms with van der Waals surface area (Å²) in [7, 11) is 0. The Labute approximate surface area is 270 Å². The van der Waals surface area contributed by atoms with Crippen LogP contribution >= 0.6 is 73.9 Å². The van der Waals surface area contributed by atoms with E-state index in [1.54, 1.807) is 28.8 Å². The molecule has 2 saturated heterocycles. The third-order valence-corrected chi connectivity index (χ3v) is 9.19. The molecular formula is C24H22BrCl5N4O8. The second-order valence-electron chi connectivity index (χ2n) is 9.47. The summed E-state index contributed by atoms with van der Waals surface area (Å²) in [5.41, 5.74) is 2.14. The van der Waals surface area contributed by atoms with Gasteiger partial charge in [-0.25, -0.2) is 9.97 Å². The molecule has 6 rings (SSSR count). The van der Waals surface area contributed by atoms with Crippen molar-refractivity contribution in [2.45, 2.75) is 49.1 Å². The van der Waals surface area contributed by atoms with Crippen LogP contribution in [0.15, 0.2) is 29.0 Å². The van der Waals surface area contributed by atoms with Gasteiger partial charge in [0.05, 0.1) is 55.4 Å². The number of hydrogen-bond acceptors (Lipinski definition) is 10. The van der Waals surface area contributed by atoms with E-state index in [9.17, 15) is 20.4 Å². The van der Waals surface area contributed by atoms with Gasteiger partial charge >= 0.3 is 0 Å². The molecule has 6 N–H and O–H groups in total. The third-order valence-electron chi connectivity index (χ3n) is 6.92. The average Bonchev–Trinajstić information content (AvgIpc) is 3.61. The Morgan fingerprint density at radius 1 is 0.643 bits per heavy atom. The van der Waals surface area contributed by atoms with Crippen molar-refractivity contribution in [3.8, 4) is 0 Å². The van der Waals surface area contributed by atoms with Gasteiger partial charge in [0.25, 0.3) is 0 Å². The summed E-state index contributed by atoms with van der Waals surface area (Å²) < 4.78 is 14.3. The quantitative estimate of drug-likeness (QED) is 0.182. The summed E-state index contributed by atoms with van der Waals surface area (Å²) >= 11 is 33.3. The molecule has 18 heteroatoms. The molecule has 0 saturated carbocycles. The summed E-state index contributed by atoms with van der Waals surface area (Å²) in [4.78, 5) is 8.39. The standard InChI is InChI=1S/C12H11BrCl2N2O4.C12H11Cl3N2O4/c13-12-16-6-1-4(14)5(15)2-7(6)17(12)11-10(20)9(19)8(3-18)21-11;13-4-1-6-7(2-5(4)14)17(12(15)16-6)11-10(20)9(19)8(3-18)21-11/h2*1-2,8-11,18-20H,3H2/t2*8-,9?,10+,11-/m11/s1. The first-order valence-corrected chi connectivity index (χ1v) is 14.9. The fourth-order valence-electron chi connectivity index (χ4n) is 4.79. The zero-order valence-electron chi connectivity index (χ0n) is 20.9. The number of hydrogen-bond donors (Lipinski definition) is 6. The molecule has 2 aliphatic heterocycles. The van der Waals surface area contributed by atoms with Crippen molar-refractivity contribution in [1.82, 2.24) is 19.1 Å². The summed E-state index contributed by atoms with van der Waals surface area (Å²) in [6.45, 7) is -0.822. The Morgan fingerprint density at radius 2 is 1.05 bits per heavy atom. The molecule has 42 heavy (non-hydrogen) atoms. The molecule has 2 unspecified atom stereocenters. The fourth-order valence-corrected chi connectivity index (χ4v) is 6.29. The summed E-state index contributed by atoms with van der Waals surface area (Å²) in [6.07, 6.45) is -8.51. The molecule has 8 atom stereocenters. The fraction of sp³-hybridized carbons (Fsp3) is 0.417. The zero-order chi connectivity index (χ0) is 30.6. The van der Waals surface area contributed by atoms with Gasteiger partial charge in [-0.1, -0.05) is 46.4 Å².